The van der Waals surface area contributed by atoms with Crippen molar-refractivity contribution in [3.63, 3.8) is 0 Å². The first kappa shape index (κ1) is 11.5. The Morgan fingerprint density at radius 1 is 1.80 bits per heavy atom. The molecular weight excluding hydrogens is 200 g/mol. The molecule has 84 valence electrons. The first-order chi connectivity index (χ1) is 7.19. The van der Waals surface area contributed by atoms with E-state index in [9.17, 15) is 9.59 Å². The van der Waals surface area contributed by atoms with Crippen molar-refractivity contribution in [2.75, 3.05) is 26.3 Å². The number of aliphatic hydroxyl groups is 1. The van der Waals surface area contributed by atoms with Crippen LogP contribution in [0.1, 0.15) is 0 Å². The Morgan fingerprint density at radius 3 is 3.13 bits per heavy atom. The Balaban J connectivity index is 2.57. The molecule has 15 heavy (non-hydrogen) atoms. The molecular formula is C9H14N2O4. The summed E-state index contributed by atoms with van der Waals surface area (Å²) in [6.45, 7) is 3.46. The van der Waals surface area contributed by atoms with E-state index in [4.69, 9.17) is 9.84 Å². The van der Waals surface area contributed by atoms with Crippen LogP contribution in [0.2, 0.25) is 0 Å². The maximum Gasteiger partial charge on any atom is 0.410 e. The van der Waals surface area contributed by atoms with Crippen molar-refractivity contribution in [1.82, 2.24) is 10.2 Å². The standard InChI is InChI=1S/C9H14N2O4/c1-2-3-15-9(14)11-5-8(13)10-4-7(11)6-12/h2,7,12H,1,3-6H2,(H,10,13). The highest BCUT2D eigenvalue weighted by atomic mass is 16.6. The highest BCUT2D eigenvalue weighted by Crippen LogP contribution is 2.05. The molecule has 1 aliphatic heterocycles. The quantitative estimate of drug-likeness (QED) is 0.597. The van der Waals surface area contributed by atoms with Crippen molar-refractivity contribution in [2.24, 2.45) is 0 Å². The van der Waals surface area contributed by atoms with E-state index in [-0.39, 0.29) is 32.2 Å². The van der Waals surface area contributed by atoms with Crippen molar-refractivity contribution in [3.05, 3.63) is 12.7 Å². The molecule has 2 N–H and O–H groups in total. The van der Waals surface area contributed by atoms with Crippen LogP contribution in [0.4, 0.5) is 4.79 Å². The van der Waals surface area contributed by atoms with Gasteiger partial charge < -0.3 is 15.2 Å². The highest BCUT2D eigenvalue weighted by molar-refractivity contribution is 5.83. The predicted molar refractivity (Wildman–Crippen MR) is 52.1 cm³/mol. The summed E-state index contributed by atoms with van der Waals surface area (Å²) >= 11 is 0. The average molecular weight is 214 g/mol. The third-order valence-electron chi connectivity index (χ3n) is 2.06. The van der Waals surface area contributed by atoms with Gasteiger partial charge in [-0.05, 0) is 0 Å². The lowest BCUT2D eigenvalue weighted by atomic mass is 10.2. The van der Waals surface area contributed by atoms with Crippen molar-refractivity contribution in [2.45, 2.75) is 6.04 Å². The number of carbonyl (C=O) groups excluding carboxylic acids is 2. The lowest BCUT2D eigenvalue weighted by Gasteiger charge is -2.33. The van der Waals surface area contributed by atoms with Crippen LogP contribution in [-0.2, 0) is 9.53 Å². The second kappa shape index (κ2) is 5.35. The summed E-state index contributed by atoms with van der Waals surface area (Å²) in [5, 5.41) is 11.6. The van der Waals surface area contributed by atoms with E-state index >= 15 is 0 Å². The van der Waals surface area contributed by atoms with Gasteiger partial charge in [-0.15, -0.1) is 0 Å². The number of hydrogen-bond acceptors (Lipinski definition) is 4. The summed E-state index contributed by atoms with van der Waals surface area (Å²) in [5.74, 6) is -0.254. The molecule has 1 unspecified atom stereocenters. The van der Waals surface area contributed by atoms with Gasteiger partial charge in [0.25, 0.3) is 0 Å². The van der Waals surface area contributed by atoms with Gasteiger partial charge in [-0.3, -0.25) is 9.69 Å². The highest BCUT2D eigenvalue weighted by Gasteiger charge is 2.30. The number of rotatable bonds is 3. The molecule has 0 aliphatic carbocycles. The lowest BCUT2D eigenvalue weighted by Crippen LogP contribution is -2.57. The van der Waals surface area contributed by atoms with E-state index in [1.54, 1.807) is 0 Å². The van der Waals surface area contributed by atoms with Gasteiger partial charge >= 0.3 is 6.09 Å². The van der Waals surface area contributed by atoms with Crippen molar-refractivity contribution in [3.8, 4) is 0 Å². The fraction of sp³-hybridized carbons (Fsp3) is 0.556. The van der Waals surface area contributed by atoms with Gasteiger partial charge in [0.05, 0.1) is 12.6 Å². The lowest BCUT2D eigenvalue weighted by molar-refractivity contribution is -0.125. The van der Waals surface area contributed by atoms with Crippen LogP contribution in [0, 0.1) is 0 Å². The Kier molecular flexibility index (Phi) is 4.11. The molecule has 2 amide bonds. The van der Waals surface area contributed by atoms with Gasteiger partial charge in [-0.2, -0.15) is 0 Å². The molecule has 0 aromatic carbocycles. The number of nitrogens with zero attached hydrogens (tertiary/aromatic N) is 1. The third kappa shape index (κ3) is 2.95. The van der Waals surface area contributed by atoms with Crippen molar-refractivity contribution in [1.29, 1.82) is 0 Å². The minimum Gasteiger partial charge on any atom is -0.445 e. The van der Waals surface area contributed by atoms with Crippen LogP contribution in [-0.4, -0.2) is 54.4 Å². The van der Waals surface area contributed by atoms with E-state index in [0.717, 1.165) is 0 Å². The molecule has 1 fully saturated rings. The fourth-order valence-electron chi connectivity index (χ4n) is 1.27. The Morgan fingerprint density at radius 2 is 2.53 bits per heavy atom. The molecule has 1 atom stereocenters. The molecule has 1 rings (SSSR count). The molecule has 0 aromatic heterocycles. The molecule has 6 heteroatoms. The van der Waals surface area contributed by atoms with E-state index in [1.807, 2.05) is 0 Å². The second-order valence-corrected chi connectivity index (χ2v) is 3.13. The molecule has 0 bridgehead atoms. The summed E-state index contributed by atoms with van der Waals surface area (Å²) in [6.07, 6.45) is 0.833. The Bertz CT molecular complexity index is 267. The minimum atomic E-state index is -0.608. The number of amides is 2. The number of hydrogen-bond donors (Lipinski definition) is 2. The average Bonchev–Trinajstić information content (AvgIpc) is 2.25. The van der Waals surface area contributed by atoms with Gasteiger partial charge in [-0.25, -0.2) is 4.79 Å². The van der Waals surface area contributed by atoms with Crippen LogP contribution in [0.3, 0.4) is 0 Å². The molecule has 0 spiro atoms. The van der Waals surface area contributed by atoms with E-state index in [1.165, 1.54) is 11.0 Å². The molecule has 0 saturated carbocycles. The molecule has 0 radical (unpaired) electrons. The maximum absolute atomic E-state index is 11.4. The number of aliphatic hydroxyl groups excluding tert-OH is 1. The van der Waals surface area contributed by atoms with E-state index in [2.05, 4.69) is 11.9 Å². The molecule has 0 aromatic rings. The monoisotopic (exact) mass is 214 g/mol. The summed E-state index contributed by atoms with van der Waals surface area (Å²) in [5.41, 5.74) is 0. The first-order valence-corrected chi connectivity index (χ1v) is 4.61. The van der Waals surface area contributed by atoms with Crippen LogP contribution in [0.25, 0.3) is 0 Å². The Labute approximate surface area is 87.5 Å². The van der Waals surface area contributed by atoms with Crippen LogP contribution in [0.15, 0.2) is 12.7 Å². The topological polar surface area (TPSA) is 78.9 Å². The van der Waals surface area contributed by atoms with Crippen LogP contribution >= 0.6 is 0 Å². The molecule has 1 saturated heterocycles. The van der Waals surface area contributed by atoms with Gasteiger partial charge in [0.2, 0.25) is 5.91 Å². The molecule has 1 aliphatic rings. The zero-order chi connectivity index (χ0) is 11.3. The van der Waals surface area contributed by atoms with Gasteiger partial charge in [0.15, 0.2) is 0 Å². The maximum atomic E-state index is 11.4. The van der Waals surface area contributed by atoms with Gasteiger partial charge in [-0.1, -0.05) is 12.7 Å². The minimum absolute atomic E-state index is 0.0821. The van der Waals surface area contributed by atoms with Gasteiger partial charge in [0.1, 0.15) is 13.2 Å². The predicted octanol–water partition coefficient (Wildman–Crippen LogP) is -0.898. The zero-order valence-corrected chi connectivity index (χ0v) is 8.31. The number of nitrogens with one attached hydrogen (secondary N) is 1. The SMILES string of the molecule is C=CCOC(=O)N1CC(=O)NCC1CO. The number of piperazine rings is 1. The first-order valence-electron chi connectivity index (χ1n) is 4.61. The van der Waals surface area contributed by atoms with E-state index < -0.39 is 12.1 Å². The zero-order valence-electron chi connectivity index (χ0n) is 8.31. The largest absolute Gasteiger partial charge is 0.445 e. The third-order valence-corrected chi connectivity index (χ3v) is 2.06. The van der Waals surface area contributed by atoms with Crippen molar-refractivity contribution < 1.29 is 19.4 Å². The fourth-order valence-corrected chi connectivity index (χ4v) is 1.27. The van der Waals surface area contributed by atoms with Crippen LogP contribution < -0.4 is 5.32 Å². The summed E-state index contributed by atoms with van der Waals surface area (Å²) in [6, 6.07) is -0.417. The smallest absolute Gasteiger partial charge is 0.410 e. The second-order valence-electron chi connectivity index (χ2n) is 3.13. The Hall–Kier alpha value is -1.56. The summed E-state index contributed by atoms with van der Waals surface area (Å²) in [7, 11) is 0. The molecule has 1 heterocycles. The van der Waals surface area contributed by atoms with Gasteiger partial charge in [0, 0.05) is 6.54 Å². The van der Waals surface area contributed by atoms with Crippen molar-refractivity contribution >= 4 is 12.0 Å². The van der Waals surface area contributed by atoms with E-state index in [0.29, 0.717) is 0 Å². The van der Waals surface area contributed by atoms with Crippen LogP contribution in [0.5, 0.6) is 0 Å². The summed E-state index contributed by atoms with van der Waals surface area (Å²) < 4.78 is 4.79. The summed E-state index contributed by atoms with van der Waals surface area (Å²) in [4.78, 5) is 23.7. The molecule has 6 nitrogen and oxygen atoms in total. The normalized spacial score (nSPS) is 20.7. The number of ether oxygens (including phenoxy) is 1. The number of carbonyl (C=O) groups is 2.